The molecule has 0 aliphatic carbocycles. The van der Waals surface area contributed by atoms with Gasteiger partial charge in [0, 0.05) is 10.9 Å². The summed E-state index contributed by atoms with van der Waals surface area (Å²) in [6.45, 7) is 0. The van der Waals surface area contributed by atoms with Gasteiger partial charge in [0.05, 0.1) is 2.88 Å². The third-order valence-electron chi connectivity index (χ3n) is 0.773. The largest absolute Gasteiger partial charge is 0.137 e. The Balaban J connectivity index is 3.09. The molecule has 42 valence electrons. The molecule has 0 spiro atoms. The first-order chi connectivity index (χ1) is 3.84. The summed E-state index contributed by atoms with van der Waals surface area (Å²) in [5.41, 5.74) is 1.17. The smallest absolute Gasteiger partial charge is 0.0734 e. The Kier molecular flexibility index (Phi) is 2.40. The summed E-state index contributed by atoms with van der Waals surface area (Å²) in [6.07, 6.45) is 0. The highest BCUT2D eigenvalue weighted by molar-refractivity contribution is 14.1. The van der Waals surface area contributed by atoms with E-state index in [1.54, 1.807) is 16.7 Å². The molecule has 0 unspecified atom stereocenters. The van der Waals surface area contributed by atoms with Crippen molar-refractivity contribution in [3.63, 3.8) is 0 Å². The molecule has 0 bridgehead atoms. The summed E-state index contributed by atoms with van der Waals surface area (Å²) in [6, 6.07) is 2.03. The average Bonchev–Trinajstić information content (AvgIpc) is 2.14. The maximum Gasteiger partial charge on any atom is 0.0734 e. The van der Waals surface area contributed by atoms with Crippen molar-refractivity contribution in [2.24, 2.45) is 0 Å². The van der Waals surface area contributed by atoms with Gasteiger partial charge in [-0.1, -0.05) is 12.2 Å². The zero-order chi connectivity index (χ0) is 5.98. The van der Waals surface area contributed by atoms with E-state index in [4.69, 9.17) is 12.2 Å². The Bertz CT molecular complexity index is 192. The molecule has 0 atom stereocenters. The Hall–Kier alpha value is 0.520. The van der Waals surface area contributed by atoms with E-state index in [1.807, 2.05) is 11.4 Å². The van der Waals surface area contributed by atoms with Crippen LogP contribution in [0.1, 0.15) is 5.56 Å². The molecule has 0 fully saturated rings. The van der Waals surface area contributed by atoms with Crippen molar-refractivity contribution in [3.05, 3.63) is 19.9 Å². The van der Waals surface area contributed by atoms with Crippen LogP contribution in [0.25, 0.3) is 0 Å². The van der Waals surface area contributed by atoms with E-state index < -0.39 is 0 Å². The summed E-state index contributed by atoms with van der Waals surface area (Å²) in [4.78, 5) is 0. The SMILES string of the molecule is S=Cc1ccsc1I. The lowest BCUT2D eigenvalue weighted by molar-refractivity contribution is 1.90. The fourth-order valence-electron chi connectivity index (χ4n) is 0.386. The molecule has 1 aromatic rings. The molecule has 0 radical (unpaired) electrons. The molecule has 0 N–H and O–H groups in total. The maximum atomic E-state index is 4.74. The summed E-state index contributed by atoms with van der Waals surface area (Å²) < 4.78 is 1.28. The van der Waals surface area contributed by atoms with E-state index in [-0.39, 0.29) is 0 Å². The van der Waals surface area contributed by atoms with E-state index in [0.717, 1.165) is 0 Å². The van der Waals surface area contributed by atoms with E-state index >= 15 is 0 Å². The molecule has 1 rings (SSSR count). The van der Waals surface area contributed by atoms with Crippen LogP contribution < -0.4 is 0 Å². The highest BCUT2D eigenvalue weighted by atomic mass is 127. The highest BCUT2D eigenvalue weighted by Crippen LogP contribution is 2.16. The standard InChI is InChI=1S/C5H3IS2/c6-5-4(3-7)1-2-8-5/h1-3H. The number of hydrogen-bond donors (Lipinski definition) is 0. The topological polar surface area (TPSA) is 0 Å². The third kappa shape index (κ3) is 1.27. The molecule has 0 amide bonds. The van der Waals surface area contributed by atoms with Crippen molar-refractivity contribution in [1.82, 2.24) is 0 Å². The van der Waals surface area contributed by atoms with E-state index in [9.17, 15) is 0 Å². The lowest BCUT2D eigenvalue weighted by atomic mass is 10.4. The minimum atomic E-state index is 1.17. The second kappa shape index (κ2) is 2.89. The first-order valence-electron chi connectivity index (χ1n) is 2.03. The molecule has 0 aliphatic heterocycles. The second-order valence-corrected chi connectivity index (χ2v) is 4.23. The minimum Gasteiger partial charge on any atom is -0.137 e. The van der Waals surface area contributed by atoms with E-state index in [1.165, 1.54) is 8.45 Å². The number of halogens is 1. The van der Waals surface area contributed by atoms with Gasteiger partial charge in [-0.15, -0.1) is 11.3 Å². The van der Waals surface area contributed by atoms with Crippen LogP contribution in [-0.4, -0.2) is 5.37 Å². The Morgan fingerprint density at radius 1 is 1.75 bits per heavy atom. The first-order valence-corrected chi connectivity index (χ1v) is 4.46. The first kappa shape index (κ1) is 6.64. The van der Waals surface area contributed by atoms with Gasteiger partial charge in [0.2, 0.25) is 0 Å². The predicted octanol–water partition coefficient (Wildman–Crippen LogP) is 2.70. The number of hydrogen-bond acceptors (Lipinski definition) is 2. The summed E-state index contributed by atoms with van der Waals surface area (Å²) in [5.74, 6) is 0. The molecule has 0 aliphatic rings. The van der Waals surface area contributed by atoms with Gasteiger partial charge in [0.1, 0.15) is 0 Å². The zero-order valence-corrected chi connectivity index (χ0v) is 7.72. The fraction of sp³-hybridized carbons (Fsp3) is 0. The minimum absolute atomic E-state index is 1.17. The number of thiophene rings is 1. The van der Waals surface area contributed by atoms with Gasteiger partial charge in [-0.05, 0) is 34.0 Å². The van der Waals surface area contributed by atoms with Gasteiger partial charge in [-0.25, -0.2) is 0 Å². The zero-order valence-electron chi connectivity index (χ0n) is 3.93. The monoisotopic (exact) mass is 254 g/mol. The van der Waals surface area contributed by atoms with Gasteiger partial charge < -0.3 is 0 Å². The van der Waals surface area contributed by atoms with Crippen molar-refractivity contribution >= 4 is 51.5 Å². The Morgan fingerprint density at radius 2 is 2.50 bits per heavy atom. The summed E-state index contributed by atoms with van der Waals surface area (Å²) >= 11 is 8.73. The molecule has 1 heterocycles. The molecule has 1 aromatic heterocycles. The van der Waals surface area contributed by atoms with Crippen LogP contribution in [0.15, 0.2) is 11.4 Å². The third-order valence-corrected chi connectivity index (χ3v) is 3.13. The Labute approximate surface area is 71.1 Å². The lowest BCUT2D eigenvalue weighted by Crippen LogP contribution is -1.70. The highest BCUT2D eigenvalue weighted by Gasteiger charge is 1.92. The van der Waals surface area contributed by atoms with E-state index in [0.29, 0.717) is 0 Å². The van der Waals surface area contributed by atoms with E-state index in [2.05, 4.69) is 22.6 Å². The van der Waals surface area contributed by atoms with Crippen molar-refractivity contribution in [2.75, 3.05) is 0 Å². The fourth-order valence-corrected chi connectivity index (χ4v) is 2.24. The van der Waals surface area contributed by atoms with Crippen LogP contribution in [-0.2, 0) is 0 Å². The molecule has 0 nitrogen and oxygen atoms in total. The van der Waals surface area contributed by atoms with Crippen molar-refractivity contribution < 1.29 is 0 Å². The number of thiocarbonyl (C=S) groups is 1. The van der Waals surface area contributed by atoms with Crippen LogP contribution >= 0.6 is 46.1 Å². The number of rotatable bonds is 1. The van der Waals surface area contributed by atoms with Crippen LogP contribution in [0, 0.1) is 2.88 Å². The lowest BCUT2D eigenvalue weighted by Gasteiger charge is -1.79. The van der Waals surface area contributed by atoms with Gasteiger partial charge >= 0.3 is 0 Å². The molecular formula is C5H3IS2. The van der Waals surface area contributed by atoms with Crippen molar-refractivity contribution in [3.8, 4) is 0 Å². The van der Waals surface area contributed by atoms with Gasteiger partial charge in [-0.2, -0.15) is 0 Å². The predicted molar refractivity (Wildman–Crippen MR) is 49.8 cm³/mol. The molecule has 0 aromatic carbocycles. The van der Waals surface area contributed by atoms with Crippen molar-refractivity contribution in [2.45, 2.75) is 0 Å². The second-order valence-electron chi connectivity index (χ2n) is 1.27. The molecule has 8 heavy (non-hydrogen) atoms. The maximum absolute atomic E-state index is 4.74. The van der Waals surface area contributed by atoms with Crippen molar-refractivity contribution in [1.29, 1.82) is 0 Å². The van der Waals surface area contributed by atoms with Crippen LogP contribution in [0.5, 0.6) is 0 Å². The van der Waals surface area contributed by atoms with Gasteiger partial charge in [0.15, 0.2) is 0 Å². The molecule has 0 saturated heterocycles. The molecule has 3 heteroatoms. The summed E-state index contributed by atoms with van der Waals surface area (Å²) in [7, 11) is 0. The average molecular weight is 254 g/mol. The van der Waals surface area contributed by atoms with Crippen LogP contribution in [0.2, 0.25) is 0 Å². The van der Waals surface area contributed by atoms with Crippen LogP contribution in [0.3, 0.4) is 0 Å². The quantitative estimate of drug-likeness (QED) is 0.548. The normalized spacial score (nSPS) is 9.12. The summed E-state index contributed by atoms with van der Waals surface area (Å²) in [5, 5.41) is 3.75. The van der Waals surface area contributed by atoms with Gasteiger partial charge in [-0.3, -0.25) is 0 Å². The Morgan fingerprint density at radius 3 is 2.75 bits per heavy atom. The molecular weight excluding hydrogens is 251 g/mol. The van der Waals surface area contributed by atoms with Gasteiger partial charge in [0.25, 0.3) is 0 Å². The molecule has 0 saturated carbocycles. The van der Waals surface area contributed by atoms with Crippen LogP contribution in [0.4, 0.5) is 0 Å².